The van der Waals surface area contributed by atoms with Crippen LogP contribution < -0.4 is 5.32 Å². The van der Waals surface area contributed by atoms with E-state index in [1.807, 2.05) is 13.8 Å². The van der Waals surface area contributed by atoms with Gasteiger partial charge in [-0.1, -0.05) is 18.2 Å². The number of amides is 1. The molecule has 0 radical (unpaired) electrons. The van der Waals surface area contributed by atoms with Gasteiger partial charge in [0.2, 0.25) is 0 Å². The standard InChI is InChI=1S/C19H18N4O3/c1-12-13(2)22-18(21-12)14-6-8-15(9-7-14)19(25)26-11-17(24)23-16-5-3-4-10-20-16/h3-10H,11H2,1-2H3,(H,21,22)(H,20,23,24). The minimum absolute atomic E-state index is 0.361. The molecule has 0 fully saturated rings. The lowest BCUT2D eigenvalue weighted by atomic mass is 10.1. The molecular weight excluding hydrogens is 332 g/mol. The van der Waals surface area contributed by atoms with Crippen molar-refractivity contribution in [1.29, 1.82) is 0 Å². The van der Waals surface area contributed by atoms with Crippen LogP contribution in [0.2, 0.25) is 0 Å². The van der Waals surface area contributed by atoms with Gasteiger partial charge in [0, 0.05) is 17.5 Å². The van der Waals surface area contributed by atoms with E-state index in [-0.39, 0.29) is 6.61 Å². The minimum atomic E-state index is -0.570. The Morgan fingerprint density at radius 3 is 2.50 bits per heavy atom. The number of rotatable bonds is 5. The number of anilines is 1. The van der Waals surface area contributed by atoms with Crippen LogP contribution in [0.5, 0.6) is 0 Å². The van der Waals surface area contributed by atoms with Crippen molar-refractivity contribution in [1.82, 2.24) is 15.0 Å². The van der Waals surface area contributed by atoms with Crippen molar-refractivity contribution in [2.45, 2.75) is 13.8 Å². The van der Waals surface area contributed by atoms with Crippen molar-refractivity contribution < 1.29 is 14.3 Å². The zero-order valence-electron chi connectivity index (χ0n) is 14.4. The number of hydrogen-bond acceptors (Lipinski definition) is 5. The number of H-pyrrole nitrogens is 1. The Morgan fingerprint density at radius 1 is 1.12 bits per heavy atom. The van der Waals surface area contributed by atoms with Crippen molar-refractivity contribution in [2.24, 2.45) is 0 Å². The van der Waals surface area contributed by atoms with Gasteiger partial charge >= 0.3 is 5.97 Å². The number of hydrogen-bond donors (Lipinski definition) is 2. The molecule has 1 amide bonds. The fourth-order valence-corrected chi connectivity index (χ4v) is 2.28. The molecule has 0 saturated heterocycles. The summed E-state index contributed by atoms with van der Waals surface area (Å²) < 4.78 is 5.03. The quantitative estimate of drug-likeness (QED) is 0.690. The maximum atomic E-state index is 12.1. The number of aromatic nitrogens is 3. The first-order chi connectivity index (χ1) is 12.5. The van der Waals surface area contributed by atoms with Gasteiger partial charge in [-0.25, -0.2) is 14.8 Å². The van der Waals surface area contributed by atoms with E-state index in [1.165, 1.54) is 0 Å². The lowest BCUT2D eigenvalue weighted by molar-refractivity contribution is -0.119. The predicted octanol–water partition coefficient (Wildman–Crippen LogP) is 2.88. The Labute approximate surface area is 150 Å². The molecule has 2 N–H and O–H groups in total. The first kappa shape index (κ1) is 17.3. The highest BCUT2D eigenvalue weighted by Gasteiger charge is 2.12. The molecule has 0 bridgehead atoms. The number of esters is 1. The normalized spacial score (nSPS) is 10.4. The van der Waals surface area contributed by atoms with E-state index < -0.39 is 11.9 Å². The second kappa shape index (κ2) is 7.60. The van der Waals surface area contributed by atoms with Crippen molar-refractivity contribution in [2.75, 3.05) is 11.9 Å². The molecule has 2 aromatic heterocycles. The van der Waals surface area contributed by atoms with Crippen LogP contribution in [0.1, 0.15) is 21.7 Å². The van der Waals surface area contributed by atoms with Crippen LogP contribution in [0.25, 0.3) is 11.4 Å². The van der Waals surface area contributed by atoms with Crippen LogP contribution in [0.3, 0.4) is 0 Å². The number of carbonyl (C=O) groups excluding carboxylic acids is 2. The number of nitrogens with one attached hydrogen (secondary N) is 2. The molecule has 0 aliphatic carbocycles. The fourth-order valence-electron chi connectivity index (χ4n) is 2.28. The van der Waals surface area contributed by atoms with E-state index in [9.17, 15) is 9.59 Å². The number of benzene rings is 1. The molecule has 0 aliphatic heterocycles. The van der Waals surface area contributed by atoms with E-state index in [4.69, 9.17) is 4.74 Å². The summed E-state index contributed by atoms with van der Waals surface area (Å²) in [7, 11) is 0. The largest absolute Gasteiger partial charge is 0.452 e. The third-order valence-corrected chi connectivity index (χ3v) is 3.79. The number of imidazole rings is 1. The van der Waals surface area contributed by atoms with Crippen LogP contribution in [-0.4, -0.2) is 33.4 Å². The molecular formula is C19H18N4O3. The van der Waals surface area contributed by atoms with Gasteiger partial charge in [-0.2, -0.15) is 0 Å². The van der Waals surface area contributed by atoms with Gasteiger partial charge < -0.3 is 15.0 Å². The first-order valence-electron chi connectivity index (χ1n) is 8.04. The highest BCUT2D eigenvalue weighted by atomic mass is 16.5. The third kappa shape index (κ3) is 4.13. The molecule has 2 heterocycles. The van der Waals surface area contributed by atoms with E-state index in [1.54, 1.807) is 48.7 Å². The zero-order chi connectivity index (χ0) is 18.5. The smallest absolute Gasteiger partial charge is 0.338 e. The van der Waals surface area contributed by atoms with E-state index in [2.05, 4.69) is 20.3 Å². The molecule has 132 valence electrons. The molecule has 0 saturated carbocycles. The zero-order valence-corrected chi connectivity index (χ0v) is 14.4. The Kier molecular flexibility index (Phi) is 5.07. The van der Waals surface area contributed by atoms with Gasteiger partial charge in [0.05, 0.1) is 11.3 Å². The Bertz CT molecular complexity index is 898. The van der Waals surface area contributed by atoms with Gasteiger partial charge in [0.25, 0.3) is 5.91 Å². The van der Waals surface area contributed by atoms with Crippen LogP contribution in [0, 0.1) is 13.8 Å². The summed E-state index contributed by atoms with van der Waals surface area (Å²) in [6.45, 7) is 3.50. The van der Waals surface area contributed by atoms with Gasteiger partial charge in [-0.15, -0.1) is 0 Å². The van der Waals surface area contributed by atoms with E-state index in [0.717, 1.165) is 22.8 Å². The topological polar surface area (TPSA) is 97.0 Å². The first-order valence-corrected chi connectivity index (χ1v) is 8.04. The molecule has 1 aromatic carbocycles. The van der Waals surface area contributed by atoms with Crippen LogP contribution in [0.4, 0.5) is 5.82 Å². The summed E-state index contributed by atoms with van der Waals surface area (Å²) in [5.74, 6) is 0.131. The van der Waals surface area contributed by atoms with Crippen molar-refractivity contribution in [3.63, 3.8) is 0 Å². The van der Waals surface area contributed by atoms with E-state index >= 15 is 0 Å². The number of ether oxygens (including phenoxy) is 1. The number of carbonyl (C=O) groups is 2. The van der Waals surface area contributed by atoms with Crippen molar-refractivity contribution in [3.8, 4) is 11.4 Å². The minimum Gasteiger partial charge on any atom is -0.452 e. The Balaban J connectivity index is 1.57. The number of pyridine rings is 1. The maximum Gasteiger partial charge on any atom is 0.338 e. The summed E-state index contributed by atoms with van der Waals surface area (Å²) in [5, 5.41) is 2.55. The third-order valence-electron chi connectivity index (χ3n) is 3.79. The summed E-state index contributed by atoms with van der Waals surface area (Å²) in [6.07, 6.45) is 1.56. The lowest BCUT2D eigenvalue weighted by Crippen LogP contribution is -2.21. The summed E-state index contributed by atoms with van der Waals surface area (Å²) in [5.41, 5.74) is 3.16. The highest BCUT2D eigenvalue weighted by molar-refractivity contribution is 5.95. The van der Waals surface area contributed by atoms with Gasteiger partial charge in [-0.05, 0) is 38.1 Å². The second-order valence-corrected chi connectivity index (χ2v) is 5.71. The maximum absolute atomic E-state index is 12.1. The molecule has 3 aromatic rings. The SMILES string of the molecule is Cc1nc(-c2ccc(C(=O)OCC(=O)Nc3ccccn3)cc2)[nH]c1C. The summed E-state index contributed by atoms with van der Waals surface area (Å²) in [4.78, 5) is 35.4. The monoisotopic (exact) mass is 350 g/mol. The number of aromatic amines is 1. The Hall–Kier alpha value is -3.48. The van der Waals surface area contributed by atoms with Gasteiger partial charge in [0.1, 0.15) is 11.6 Å². The molecule has 26 heavy (non-hydrogen) atoms. The predicted molar refractivity (Wildman–Crippen MR) is 96.6 cm³/mol. The highest BCUT2D eigenvalue weighted by Crippen LogP contribution is 2.18. The molecule has 7 nitrogen and oxygen atoms in total. The van der Waals surface area contributed by atoms with Crippen molar-refractivity contribution in [3.05, 3.63) is 65.6 Å². The molecule has 0 aliphatic rings. The number of aryl methyl sites for hydroxylation is 2. The average Bonchev–Trinajstić information content (AvgIpc) is 2.99. The molecule has 0 atom stereocenters. The van der Waals surface area contributed by atoms with E-state index in [0.29, 0.717) is 11.4 Å². The molecule has 7 heteroatoms. The molecule has 0 unspecified atom stereocenters. The number of nitrogens with zero attached hydrogens (tertiary/aromatic N) is 2. The van der Waals surface area contributed by atoms with Crippen LogP contribution in [-0.2, 0) is 9.53 Å². The van der Waals surface area contributed by atoms with Gasteiger partial charge in [-0.3, -0.25) is 4.79 Å². The van der Waals surface area contributed by atoms with Crippen LogP contribution in [0.15, 0.2) is 48.7 Å². The molecule has 3 rings (SSSR count). The average molecular weight is 350 g/mol. The second-order valence-electron chi connectivity index (χ2n) is 5.71. The summed E-state index contributed by atoms with van der Waals surface area (Å²) in [6, 6.07) is 12.0. The van der Waals surface area contributed by atoms with Crippen molar-refractivity contribution >= 4 is 17.7 Å². The lowest BCUT2D eigenvalue weighted by Gasteiger charge is -2.06. The Morgan fingerprint density at radius 2 is 1.88 bits per heavy atom. The fraction of sp³-hybridized carbons (Fsp3) is 0.158. The van der Waals surface area contributed by atoms with Gasteiger partial charge in [0.15, 0.2) is 6.61 Å². The molecule has 0 spiro atoms. The van der Waals surface area contributed by atoms with Crippen LogP contribution >= 0.6 is 0 Å². The summed E-state index contributed by atoms with van der Waals surface area (Å²) >= 11 is 0.